The van der Waals surface area contributed by atoms with Crippen molar-refractivity contribution < 1.29 is 14.3 Å². The molecule has 1 aliphatic rings. The van der Waals surface area contributed by atoms with E-state index in [1.807, 2.05) is 19.1 Å². The predicted molar refractivity (Wildman–Crippen MR) is 158 cm³/mol. The van der Waals surface area contributed by atoms with Crippen LogP contribution in [0.5, 0.6) is 0 Å². The fraction of sp³-hybridized carbons (Fsp3) is 0.207. The highest BCUT2D eigenvalue weighted by molar-refractivity contribution is 6.36. The van der Waals surface area contributed by atoms with Crippen LogP contribution >= 0.6 is 46.4 Å². The SMILES string of the molecule is Cc1c(C(=O)NN2CCC[C@@H](OC(=O)c3ccccc3Cl)C2)nn(-c2ccc(Cl)cc2Cl)c1-c1ccc(Cl)cc1. The average molecular weight is 618 g/mol. The van der Waals surface area contributed by atoms with Crippen molar-refractivity contribution in [3.05, 3.63) is 104 Å². The zero-order valence-electron chi connectivity index (χ0n) is 21.3. The van der Waals surface area contributed by atoms with Crippen molar-refractivity contribution in [3.8, 4) is 16.9 Å². The number of esters is 1. The van der Waals surface area contributed by atoms with Gasteiger partial charge in [-0.15, -0.1) is 0 Å². The smallest absolute Gasteiger partial charge is 0.339 e. The van der Waals surface area contributed by atoms with E-state index in [1.54, 1.807) is 64.3 Å². The standard InChI is InChI=1S/C29H24Cl4N4O3/c1-17-26(28(38)35-36-14-4-5-21(16-36)40-29(39)22-6-2-3-7-23(22)32)34-37(25-13-12-20(31)15-24(25)33)27(17)18-8-10-19(30)11-9-18/h2-3,6-13,15,21H,4-5,14,16H2,1H3,(H,35,38)/t21-/m1/s1. The van der Waals surface area contributed by atoms with Crippen LogP contribution in [0.15, 0.2) is 66.7 Å². The number of rotatable bonds is 6. The number of hydrazine groups is 1. The van der Waals surface area contributed by atoms with Crippen LogP contribution < -0.4 is 5.43 Å². The number of hydrogen-bond acceptors (Lipinski definition) is 5. The molecule has 0 radical (unpaired) electrons. The number of aromatic nitrogens is 2. The lowest BCUT2D eigenvalue weighted by Crippen LogP contribution is -2.50. The van der Waals surface area contributed by atoms with Gasteiger partial charge in [0.15, 0.2) is 5.69 Å². The molecule has 40 heavy (non-hydrogen) atoms. The van der Waals surface area contributed by atoms with Gasteiger partial charge >= 0.3 is 5.97 Å². The quantitative estimate of drug-likeness (QED) is 0.228. The van der Waals surface area contributed by atoms with E-state index in [2.05, 4.69) is 10.5 Å². The molecule has 4 aromatic rings. The van der Waals surface area contributed by atoms with Gasteiger partial charge in [0.05, 0.1) is 33.5 Å². The van der Waals surface area contributed by atoms with Crippen LogP contribution in [0.4, 0.5) is 0 Å². The Morgan fingerprint density at radius 2 is 1.68 bits per heavy atom. The summed E-state index contributed by atoms with van der Waals surface area (Å²) < 4.78 is 7.33. The Morgan fingerprint density at radius 3 is 2.40 bits per heavy atom. The summed E-state index contributed by atoms with van der Waals surface area (Å²) in [6.45, 7) is 2.75. The molecule has 1 aliphatic heterocycles. The van der Waals surface area contributed by atoms with Crippen LogP contribution in [0.2, 0.25) is 20.1 Å². The number of ether oxygens (including phenoxy) is 1. The van der Waals surface area contributed by atoms with Crippen molar-refractivity contribution in [1.29, 1.82) is 0 Å². The Bertz CT molecular complexity index is 1570. The Morgan fingerprint density at radius 1 is 0.950 bits per heavy atom. The van der Waals surface area contributed by atoms with E-state index in [4.69, 9.17) is 51.1 Å². The van der Waals surface area contributed by atoms with Gasteiger partial charge in [0.25, 0.3) is 5.91 Å². The maximum absolute atomic E-state index is 13.5. The average Bonchev–Trinajstić information content (AvgIpc) is 3.26. The number of amides is 1. The summed E-state index contributed by atoms with van der Waals surface area (Å²) >= 11 is 24.9. The van der Waals surface area contributed by atoms with Gasteiger partial charge in [0, 0.05) is 27.7 Å². The Balaban J connectivity index is 1.39. The molecule has 3 aromatic carbocycles. The van der Waals surface area contributed by atoms with Gasteiger partial charge in [-0.2, -0.15) is 5.10 Å². The monoisotopic (exact) mass is 616 g/mol. The van der Waals surface area contributed by atoms with Crippen molar-refractivity contribution in [2.75, 3.05) is 13.1 Å². The predicted octanol–water partition coefficient (Wildman–Crippen LogP) is 7.43. The molecule has 11 heteroatoms. The molecule has 0 saturated carbocycles. The highest BCUT2D eigenvalue weighted by atomic mass is 35.5. The van der Waals surface area contributed by atoms with Gasteiger partial charge in [-0.3, -0.25) is 10.2 Å². The number of hydrogen-bond donors (Lipinski definition) is 1. The first kappa shape index (κ1) is 28.5. The van der Waals surface area contributed by atoms with E-state index < -0.39 is 18.0 Å². The number of piperidine rings is 1. The van der Waals surface area contributed by atoms with Crippen molar-refractivity contribution in [1.82, 2.24) is 20.2 Å². The maximum atomic E-state index is 13.5. The molecule has 1 fully saturated rings. The molecule has 1 aromatic heterocycles. The highest BCUT2D eigenvalue weighted by Gasteiger charge is 2.28. The summed E-state index contributed by atoms with van der Waals surface area (Å²) in [5.74, 6) is -0.888. The first-order valence-electron chi connectivity index (χ1n) is 12.5. The summed E-state index contributed by atoms with van der Waals surface area (Å²) in [4.78, 5) is 26.2. The second kappa shape index (κ2) is 12.2. The molecule has 1 saturated heterocycles. The number of carbonyl (C=O) groups excluding carboxylic acids is 2. The summed E-state index contributed by atoms with van der Waals surface area (Å²) in [7, 11) is 0. The second-order valence-corrected chi connectivity index (χ2v) is 11.1. The van der Waals surface area contributed by atoms with Crippen LogP contribution in [-0.2, 0) is 4.74 Å². The van der Waals surface area contributed by atoms with Gasteiger partial charge in [-0.1, -0.05) is 70.7 Å². The topological polar surface area (TPSA) is 76.5 Å². The fourth-order valence-corrected chi connectivity index (χ4v) is 5.49. The molecule has 1 N–H and O–H groups in total. The summed E-state index contributed by atoms with van der Waals surface area (Å²) in [5, 5.41) is 8.20. The van der Waals surface area contributed by atoms with Crippen molar-refractivity contribution in [2.24, 2.45) is 0 Å². The third kappa shape index (κ3) is 6.14. The molecule has 7 nitrogen and oxygen atoms in total. The van der Waals surface area contributed by atoms with Gasteiger partial charge in [0.1, 0.15) is 6.10 Å². The van der Waals surface area contributed by atoms with Crippen LogP contribution in [-0.4, -0.2) is 45.9 Å². The molecule has 206 valence electrons. The number of nitrogens with zero attached hydrogens (tertiary/aromatic N) is 3. The minimum absolute atomic E-state index is 0.228. The number of halogens is 4. The minimum Gasteiger partial charge on any atom is -0.457 e. The second-order valence-electron chi connectivity index (χ2n) is 9.37. The maximum Gasteiger partial charge on any atom is 0.339 e. The van der Waals surface area contributed by atoms with Crippen molar-refractivity contribution >= 4 is 58.3 Å². The van der Waals surface area contributed by atoms with E-state index in [1.165, 1.54) is 0 Å². The zero-order chi connectivity index (χ0) is 28.4. The van der Waals surface area contributed by atoms with E-state index in [0.717, 1.165) is 12.0 Å². The highest BCUT2D eigenvalue weighted by Crippen LogP contribution is 2.33. The van der Waals surface area contributed by atoms with Crippen LogP contribution in [0.3, 0.4) is 0 Å². The lowest BCUT2D eigenvalue weighted by Gasteiger charge is -2.32. The van der Waals surface area contributed by atoms with E-state index >= 15 is 0 Å². The molecular weight excluding hydrogens is 594 g/mol. The first-order chi connectivity index (χ1) is 19.2. The third-order valence-electron chi connectivity index (χ3n) is 6.60. The van der Waals surface area contributed by atoms with Crippen LogP contribution in [0.1, 0.15) is 39.3 Å². The molecule has 1 atom stereocenters. The number of carbonyl (C=O) groups is 2. The lowest BCUT2D eigenvalue weighted by molar-refractivity contribution is -0.00203. The third-order valence-corrected chi connectivity index (χ3v) is 7.72. The van der Waals surface area contributed by atoms with Crippen molar-refractivity contribution in [2.45, 2.75) is 25.9 Å². The summed E-state index contributed by atoms with van der Waals surface area (Å²) in [6, 6.07) is 19.1. The summed E-state index contributed by atoms with van der Waals surface area (Å²) in [5.41, 5.74) is 6.20. The Hall–Kier alpha value is -3.07. The van der Waals surface area contributed by atoms with Gasteiger partial charge < -0.3 is 4.74 Å². The van der Waals surface area contributed by atoms with Gasteiger partial charge in [0.2, 0.25) is 0 Å². The van der Waals surface area contributed by atoms with Crippen LogP contribution in [0, 0.1) is 6.92 Å². The largest absolute Gasteiger partial charge is 0.457 e. The van der Waals surface area contributed by atoms with Gasteiger partial charge in [-0.05, 0) is 62.2 Å². The van der Waals surface area contributed by atoms with E-state index in [-0.39, 0.29) is 5.69 Å². The molecule has 0 spiro atoms. The lowest BCUT2D eigenvalue weighted by atomic mass is 10.1. The molecule has 0 bridgehead atoms. The minimum atomic E-state index is -0.495. The molecular formula is C29H24Cl4N4O3. The fourth-order valence-electron chi connectivity index (χ4n) is 4.66. The van der Waals surface area contributed by atoms with Crippen LogP contribution in [0.25, 0.3) is 16.9 Å². The van der Waals surface area contributed by atoms with Crippen molar-refractivity contribution in [3.63, 3.8) is 0 Å². The molecule has 0 unspecified atom stereocenters. The summed E-state index contributed by atoms with van der Waals surface area (Å²) in [6.07, 6.45) is 0.991. The molecule has 2 heterocycles. The van der Waals surface area contributed by atoms with E-state index in [9.17, 15) is 9.59 Å². The number of benzene rings is 3. The Labute approximate surface area is 251 Å². The molecule has 5 rings (SSSR count). The zero-order valence-corrected chi connectivity index (χ0v) is 24.4. The van der Waals surface area contributed by atoms with E-state index in [0.29, 0.717) is 62.1 Å². The van der Waals surface area contributed by atoms with Gasteiger partial charge in [-0.25, -0.2) is 14.5 Å². The number of nitrogens with one attached hydrogen (secondary N) is 1. The first-order valence-corrected chi connectivity index (χ1v) is 14.0. The normalized spacial score (nSPS) is 15.6. The molecule has 1 amide bonds. The molecule has 0 aliphatic carbocycles. The Kier molecular flexibility index (Phi) is 8.68.